The van der Waals surface area contributed by atoms with Crippen LogP contribution in [-0.4, -0.2) is 25.7 Å². The molecule has 0 aliphatic carbocycles. The van der Waals surface area contributed by atoms with Crippen molar-refractivity contribution < 1.29 is 14.3 Å². The fourth-order valence-corrected chi connectivity index (χ4v) is 3.40. The van der Waals surface area contributed by atoms with Crippen molar-refractivity contribution >= 4 is 22.4 Å². The molecular weight excluding hydrogens is 338 g/mol. The summed E-state index contributed by atoms with van der Waals surface area (Å²) in [5.41, 5.74) is 3.00. The van der Waals surface area contributed by atoms with Gasteiger partial charge < -0.3 is 14.8 Å². The van der Waals surface area contributed by atoms with Crippen LogP contribution in [0.4, 0.5) is 5.69 Å². The number of carbonyl (C=O) groups is 1. The molecular formula is C23H23NO3. The maximum atomic E-state index is 11.3. The molecule has 1 unspecified atom stereocenters. The first kappa shape index (κ1) is 17.6. The minimum absolute atomic E-state index is 0.0673. The second-order valence-electron chi connectivity index (χ2n) is 7.03. The highest BCUT2D eigenvalue weighted by Gasteiger charge is 2.16. The van der Waals surface area contributed by atoms with Gasteiger partial charge in [-0.25, -0.2) is 0 Å². The SMILES string of the molecule is CC(=O)Nc1cccc(-c2ccc3cc(OCC4CCOC4)ccc3c2)c1. The summed E-state index contributed by atoms with van der Waals surface area (Å²) in [6, 6.07) is 20.5. The number of ether oxygens (including phenoxy) is 2. The normalized spacial score (nSPS) is 16.4. The number of rotatable bonds is 5. The van der Waals surface area contributed by atoms with Gasteiger partial charge >= 0.3 is 0 Å². The van der Waals surface area contributed by atoms with Crippen molar-refractivity contribution in [1.82, 2.24) is 0 Å². The molecule has 0 saturated carbocycles. The van der Waals surface area contributed by atoms with Crippen LogP contribution in [0.1, 0.15) is 13.3 Å². The van der Waals surface area contributed by atoms with Gasteiger partial charge in [-0.2, -0.15) is 0 Å². The van der Waals surface area contributed by atoms with Crippen LogP contribution in [0.2, 0.25) is 0 Å². The monoisotopic (exact) mass is 361 g/mol. The van der Waals surface area contributed by atoms with Crippen molar-refractivity contribution in [2.24, 2.45) is 5.92 Å². The summed E-state index contributed by atoms with van der Waals surface area (Å²) < 4.78 is 11.3. The Balaban J connectivity index is 1.54. The van der Waals surface area contributed by atoms with Crippen molar-refractivity contribution in [1.29, 1.82) is 0 Å². The highest BCUT2D eigenvalue weighted by Crippen LogP contribution is 2.29. The van der Waals surface area contributed by atoms with E-state index in [0.29, 0.717) is 12.5 Å². The quantitative estimate of drug-likeness (QED) is 0.704. The number of carbonyl (C=O) groups excluding carboxylic acids is 1. The Kier molecular flexibility index (Phi) is 5.07. The van der Waals surface area contributed by atoms with Crippen LogP contribution in [-0.2, 0) is 9.53 Å². The second kappa shape index (κ2) is 7.80. The fraction of sp³-hybridized carbons (Fsp3) is 0.261. The first-order valence-corrected chi connectivity index (χ1v) is 9.30. The van der Waals surface area contributed by atoms with Crippen LogP contribution in [0.25, 0.3) is 21.9 Å². The largest absolute Gasteiger partial charge is 0.493 e. The van der Waals surface area contributed by atoms with Gasteiger partial charge in [-0.1, -0.05) is 30.3 Å². The molecule has 4 heteroatoms. The Hall–Kier alpha value is -2.85. The van der Waals surface area contributed by atoms with E-state index < -0.39 is 0 Å². The van der Waals surface area contributed by atoms with Gasteiger partial charge in [0.05, 0.1) is 13.2 Å². The predicted molar refractivity (Wildman–Crippen MR) is 108 cm³/mol. The Bertz CT molecular complexity index is 961. The highest BCUT2D eigenvalue weighted by atomic mass is 16.5. The van der Waals surface area contributed by atoms with Gasteiger partial charge in [0.2, 0.25) is 5.91 Å². The van der Waals surface area contributed by atoms with Crippen molar-refractivity contribution in [3.8, 4) is 16.9 Å². The predicted octanol–water partition coefficient (Wildman–Crippen LogP) is 4.88. The van der Waals surface area contributed by atoms with E-state index in [2.05, 4.69) is 35.6 Å². The van der Waals surface area contributed by atoms with Gasteiger partial charge in [0.15, 0.2) is 0 Å². The number of anilines is 1. The molecule has 1 atom stereocenters. The number of nitrogens with one attached hydrogen (secondary N) is 1. The summed E-state index contributed by atoms with van der Waals surface area (Å²) in [7, 11) is 0. The summed E-state index contributed by atoms with van der Waals surface area (Å²) in [6.07, 6.45) is 1.08. The molecule has 4 nitrogen and oxygen atoms in total. The van der Waals surface area contributed by atoms with Crippen LogP contribution in [0, 0.1) is 5.92 Å². The van der Waals surface area contributed by atoms with Gasteiger partial charge in [-0.3, -0.25) is 4.79 Å². The van der Waals surface area contributed by atoms with E-state index >= 15 is 0 Å². The van der Waals surface area contributed by atoms with E-state index in [9.17, 15) is 4.79 Å². The molecule has 0 radical (unpaired) electrons. The minimum atomic E-state index is -0.0673. The Morgan fingerprint density at radius 2 is 1.89 bits per heavy atom. The molecule has 1 heterocycles. The molecule has 1 fully saturated rings. The molecule has 3 aromatic carbocycles. The van der Waals surface area contributed by atoms with Crippen molar-refractivity contribution in [2.75, 3.05) is 25.1 Å². The first-order chi connectivity index (χ1) is 13.2. The lowest BCUT2D eigenvalue weighted by Crippen LogP contribution is -2.11. The van der Waals surface area contributed by atoms with Crippen LogP contribution < -0.4 is 10.1 Å². The highest BCUT2D eigenvalue weighted by molar-refractivity contribution is 5.91. The molecule has 1 aliphatic heterocycles. The van der Waals surface area contributed by atoms with Gasteiger partial charge in [0.1, 0.15) is 5.75 Å². The van der Waals surface area contributed by atoms with Gasteiger partial charge in [-0.05, 0) is 58.7 Å². The van der Waals surface area contributed by atoms with Gasteiger partial charge in [-0.15, -0.1) is 0 Å². The summed E-state index contributed by atoms with van der Waals surface area (Å²) in [5.74, 6) is 1.33. The zero-order chi connectivity index (χ0) is 18.6. The third-order valence-electron chi connectivity index (χ3n) is 4.84. The summed E-state index contributed by atoms with van der Waals surface area (Å²) >= 11 is 0. The molecule has 1 N–H and O–H groups in total. The Morgan fingerprint density at radius 1 is 1.07 bits per heavy atom. The van der Waals surface area contributed by atoms with E-state index in [4.69, 9.17) is 9.47 Å². The molecule has 1 amide bonds. The first-order valence-electron chi connectivity index (χ1n) is 9.30. The third kappa shape index (κ3) is 4.29. The zero-order valence-corrected chi connectivity index (χ0v) is 15.4. The Morgan fingerprint density at radius 3 is 2.70 bits per heavy atom. The topological polar surface area (TPSA) is 47.6 Å². The molecule has 1 saturated heterocycles. The maximum Gasteiger partial charge on any atom is 0.221 e. The van der Waals surface area contributed by atoms with Crippen molar-refractivity contribution in [2.45, 2.75) is 13.3 Å². The number of amides is 1. The number of hydrogen-bond donors (Lipinski definition) is 1. The fourth-order valence-electron chi connectivity index (χ4n) is 3.40. The van der Waals surface area contributed by atoms with E-state index in [0.717, 1.165) is 53.0 Å². The number of hydrogen-bond acceptors (Lipinski definition) is 3. The van der Waals surface area contributed by atoms with E-state index in [1.165, 1.54) is 6.92 Å². The van der Waals surface area contributed by atoms with Crippen LogP contribution in [0.15, 0.2) is 60.7 Å². The molecule has 4 rings (SSSR count). The maximum absolute atomic E-state index is 11.3. The molecule has 3 aromatic rings. The standard InChI is InChI=1S/C23H23NO3/c1-16(25)24-22-4-2-3-18(12-22)19-5-6-21-13-23(8-7-20(21)11-19)27-15-17-9-10-26-14-17/h2-8,11-13,17H,9-10,14-15H2,1H3,(H,24,25). The summed E-state index contributed by atoms with van der Waals surface area (Å²) in [5, 5.41) is 5.14. The van der Waals surface area contributed by atoms with Crippen molar-refractivity contribution in [3.63, 3.8) is 0 Å². The smallest absolute Gasteiger partial charge is 0.221 e. The van der Waals surface area contributed by atoms with Gasteiger partial charge in [0, 0.05) is 25.1 Å². The second-order valence-corrected chi connectivity index (χ2v) is 7.03. The number of benzene rings is 3. The molecule has 0 spiro atoms. The van der Waals surface area contributed by atoms with E-state index in [1.54, 1.807) is 0 Å². The summed E-state index contributed by atoms with van der Waals surface area (Å²) in [4.78, 5) is 11.3. The van der Waals surface area contributed by atoms with E-state index in [1.807, 2.05) is 30.3 Å². The molecule has 27 heavy (non-hydrogen) atoms. The molecule has 138 valence electrons. The lowest BCUT2D eigenvalue weighted by molar-refractivity contribution is -0.114. The number of fused-ring (bicyclic) bond motifs is 1. The average molecular weight is 361 g/mol. The van der Waals surface area contributed by atoms with Gasteiger partial charge in [0.25, 0.3) is 0 Å². The van der Waals surface area contributed by atoms with Crippen molar-refractivity contribution in [3.05, 3.63) is 60.7 Å². The van der Waals surface area contributed by atoms with Crippen LogP contribution in [0.3, 0.4) is 0 Å². The zero-order valence-electron chi connectivity index (χ0n) is 15.4. The minimum Gasteiger partial charge on any atom is -0.493 e. The lowest BCUT2D eigenvalue weighted by atomic mass is 10.0. The average Bonchev–Trinajstić information content (AvgIpc) is 3.19. The molecule has 1 aliphatic rings. The lowest BCUT2D eigenvalue weighted by Gasteiger charge is -2.12. The molecule has 0 bridgehead atoms. The van der Waals surface area contributed by atoms with Crippen LogP contribution in [0.5, 0.6) is 5.75 Å². The van der Waals surface area contributed by atoms with Crippen LogP contribution >= 0.6 is 0 Å². The summed E-state index contributed by atoms with van der Waals surface area (Å²) in [6.45, 7) is 3.87. The van der Waals surface area contributed by atoms with E-state index in [-0.39, 0.29) is 5.91 Å². The third-order valence-corrected chi connectivity index (χ3v) is 4.84. The molecule has 0 aromatic heterocycles. The Labute approximate surface area is 159 Å².